The second-order valence-electron chi connectivity index (χ2n) is 3.18. The van der Waals surface area contributed by atoms with Crippen molar-refractivity contribution in [3.8, 4) is 0 Å². The standard InChI is InChI=1S/C10H21NO2S.C2H6/c1-4-7-11(8-10(12)13)9(5-2)14-6-3;1-2/h9H,4-8H2,1-3H3,(H,12,13);1-2H3. The quantitative estimate of drug-likeness (QED) is 0.670. The molecular weight excluding hydrogens is 222 g/mol. The molecule has 1 N–H and O–H groups in total. The normalized spacial score (nSPS) is 11.9. The van der Waals surface area contributed by atoms with E-state index in [1.54, 1.807) is 0 Å². The van der Waals surface area contributed by atoms with Crippen molar-refractivity contribution in [2.24, 2.45) is 0 Å². The van der Waals surface area contributed by atoms with Gasteiger partial charge in [-0.3, -0.25) is 9.69 Å². The predicted octanol–water partition coefficient (Wildman–Crippen LogP) is 3.30. The van der Waals surface area contributed by atoms with E-state index in [0.29, 0.717) is 5.37 Å². The average molecular weight is 249 g/mol. The molecule has 0 heterocycles. The van der Waals surface area contributed by atoms with Crippen LogP contribution in [0.25, 0.3) is 0 Å². The first kappa shape index (κ1) is 18.2. The van der Waals surface area contributed by atoms with Gasteiger partial charge >= 0.3 is 5.97 Å². The number of carboxylic acid groups (broad SMARTS) is 1. The maximum atomic E-state index is 10.7. The van der Waals surface area contributed by atoms with Gasteiger partial charge in [0.05, 0.1) is 11.9 Å². The number of nitrogens with zero attached hydrogens (tertiary/aromatic N) is 1. The Kier molecular flexibility index (Phi) is 14.6. The van der Waals surface area contributed by atoms with Gasteiger partial charge in [0.25, 0.3) is 0 Å². The van der Waals surface area contributed by atoms with Gasteiger partial charge in [-0.2, -0.15) is 0 Å². The molecule has 0 aromatic heterocycles. The lowest BCUT2D eigenvalue weighted by atomic mass is 10.3. The molecule has 0 aliphatic heterocycles. The number of aliphatic carboxylic acids is 1. The Labute approximate surface area is 105 Å². The summed E-state index contributed by atoms with van der Waals surface area (Å²) in [5, 5.41) is 9.13. The van der Waals surface area contributed by atoms with E-state index in [4.69, 9.17) is 5.11 Å². The van der Waals surface area contributed by atoms with Crippen LogP contribution in [0.1, 0.15) is 47.5 Å². The Morgan fingerprint density at radius 2 is 1.88 bits per heavy atom. The Hall–Kier alpha value is -0.220. The molecule has 0 aliphatic rings. The number of carbonyl (C=O) groups is 1. The minimum Gasteiger partial charge on any atom is -0.480 e. The monoisotopic (exact) mass is 249 g/mol. The predicted molar refractivity (Wildman–Crippen MR) is 73.1 cm³/mol. The minimum absolute atomic E-state index is 0.166. The van der Waals surface area contributed by atoms with Crippen LogP contribution in [-0.4, -0.2) is 40.2 Å². The lowest BCUT2D eigenvalue weighted by Crippen LogP contribution is -2.37. The lowest BCUT2D eigenvalue weighted by molar-refractivity contribution is -0.138. The summed E-state index contributed by atoms with van der Waals surface area (Å²) in [6, 6.07) is 0. The molecule has 16 heavy (non-hydrogen) atoms. The highest BCUT2D eigenvalue weighted by Crippen LogP contribution is 2.18. The molecule has 1 atom stereocenters. The molecule has 0 spiro atoms. The van der Waals surface area contributed by atoms with Crippen LogP contribution in [0.4, 0.5) is 0 Å². The fourth-order valence-electron chi connectivity index (χ4n) is 1.46. The summed E-state index contributed by atoms with van der Waals surface area (Å²) in [4.78, 5) is 12.7. The molecule has 0 aromatic rings. The maximum absolute atomic E-state index is 10.7. The van der Waals surface area contributed by atoms with E-state index in [9.17, 15) is 4.79 Å². The summed E-state index contributed by atoms with van der Waals surface area (Å²) in [6.07, 6.45) is 2.01. The Morgan fingerprint density at radius 1 is 1.31 bits per heavy atom. The van der Waals surface area contributed by atoms with Gasteiger partial charge in [-0.25, -0.2) is 0 Å². The first-order valence-corrected chi connectivity index (χ1v) is 7.27. The zero-order valence-corrected chi connectivity index (χ0v) is 12.1. The van der Waals surface area contributed by atoms with Gasteiger partial charge in [0.1, 0.15) is 0 Å². The number of hydrogen-bond donors (Lipinski definition) is 1. The van der Waals surface area contributed by atoms with Crippen LogP contribution in [-0.2, 0) is 4.79 Å². The fourth-order valence-corrected chi connectivity index (χ4v) is 2.47. The van der Waals surface area contributed by atoms with E-state index >= 15 is 0 Å². The van der Waals surface area contributed by atoms with Crippen LogP contribution in [0.15, 0.2) is 0 Å². The highest BCUT2D eigenvalue weighted by molar-refractivity contribution is 7.99. The highest BCUT2D eigenvalue weighted by atomic mass is 32.2. The topological polar surface area (TPSA) is 40.5 Å². The summed E-state index contributed by atoms with van der Waals surface area (Å²) in [6.45, 7) is 11.3. The average Bonchev–Trinajstić information content (AvgIpc) is 2.27. The van der Waals surface area contributed by atoms with E-state index in [2.05, 4.69) is 25.7 Å². The molecule has 0 radical (unpaired) electrons. The SMILES string of the molecule is CC.CCCN(CC(=O)O)C(CC)SCC. The maximum Gasteiger partial charge on any atom is 0.317 e. The van der Waals surface area contributed by atoms with Crippen molar-refractivity contribution in [3.63, 3.8) is 0 Å². The molecule has 4 heteroatoms. The Morgan fingerprint density at radius 3 is 2.19 bits per heavy atom. The second kappa shape index (κ2) is 12.8. The Bertz CT molecular complexity index is 165. The number of rotatable bonds is 8. The Balaban J connectivity index is 0. The molecular formula is C12H27NO2S. The smallest absolute Gasteiger partial charge is 0.317 e. The van der Waals surface area contributed by atoms with E-state index in [1.807, 2.05) is 25.6 Å². The molecule has 0 aliphatic carbocycles. The molecule has 0 amide bonds. The first-order valence-electron chi connectivity index (χ1n) is 6.23. The van der Waals surface area contributed by atoms with Crippen LogP contribution < -0.4 is 0 Å². The van der Waals surface area contributed by atoms with Crippen LogP contribution >= 0.6 is 11.8 Å². The van der Waals surface area contributed by atoms with Crippen molar-refractivity contribution in [2.75, 3.05) is 18.8 Å². The molecule has 1 unspecified atom stereocenters. The summed E-state index contributed by atoms with van der Waals surface area (Å²) in [5.74, 6) is 0.312. The van der Waals surface area contributed by atoms with Crippen molar-refractivity contribution in [1.82, 2.24) is 4.90 Å². The van der Waals surface area contributed by atoms with Crippen molar-refractivity contribution >= 4 is 17.7 Å². The minimum atomic E-state index is -0.728. The first-order chi connectivity index (χ1) is 7.65. The van der Waals surface area contributed by atoms with Crippen LogP contribution in [0.3, 0.4) is 0 Å². The third-order valence-corrected chi connectivity index (χ3v) is 3.31. The number of thioether (sulfide) groups is 1. The molecule has 0 fully saturated rings. The third kappa shape index (κ3) is 9.04. The molecule has 0 aromatic carbocycles. The van der Waals surface area contributed by atoms with Gasteiger partial charge in [0.2, 0.25) is 0 Å². The van der Waals surface area contributed by atoms with Crippen molar-refractivity contribution in [3.05, 3.63) is 0 Å². The molecule has 3 nitrogen and oxygen atoms in total. The molecule has 0 saturated heterocycles. The van der Waals surface area contributed by atoms with Crippen LogP contribution in [0, 0.1) is 0 Å². The zero-order chi connectivity index (χ0) is 13.0. The zero-order valence-electron chi connectivity index (χ0n) is 11.3. The van der Waals surface area contributed by atoms with E-state index < -0.39 is 5.97 Å². The van der Waals surface area contributed by atoms with Crippen LogP contribution in [0.2, 0.25) is 0 Å². The van der Waals surface area contributed by atoms with Gasteiger partial charge in [-0.15, -0.1) is 11.8 Å². The van der Waals surface area contributed by atoms with Gasteiger partial charge in [0.15, 0.2) is 0 Å². The highest BCUT2D eigenvalue weighted by Gasteiger charge is 2.17. The summed E-state index contributed by atoms with van der Waals surface area (Å²) in [5.41, 5.74) is 0. The van der Waals surface area contributed by atoms with E-state index in [-0.39, 0.29) is 6.54 Å². The number of hydrogen-bond acceptors (Lipinski definition) is 3. The van der Waals surface area contributed by atoms with E-state index in [0.717, 1.165) is 25.1 Å². The van der Waals surface area contributed by atoms with Crippen LogP contribution in [0.5, 0.6) is 0 Å². The van der Waals surface area contributed by atoms with Gasteiger partial charge in [-0.05, 0) is 25.1 Å². The van der Waals surface area contributed by atoms with Crippen molar-refractivity contribution in [1.29, 1.82) is 0 Å². The number of carboxylic acids is 1. The fraction of sp³-hybridized carbons (Fsp3) is 0.917. The molecule has 98 valence electrons. The van der Waals surface area contributed by atoms with Gasteiger partial charge in [-0.1, -0.05) is 34.6 Å². The lowest BCUT2D eigenvalue weighted by Gasteiger charge is -2.28. The van der Waals surface area contributed by atoms with Gasteiger partial charge < -0.3 is 5.11 Å². The van der Waals surface area contributed by atoms with Crippen molar-refractivity contribution in [2.45, 2.75) is 52.8 Å². The largest absolute Gasteiger partial charge is 0.480 e. The summed E-state index contributed by atoms with van der Waals surface area (Å²) < 4.78 is 0. The molecule has 0 bridgehead atoms. The molecule has 0 rings (SSSR count). The summed E-state index contributed by atoms with van der Waals surface area (Å²) in [7, 11) is 0. The van der Waals surface area contributed by atoms with E-state index in [1.165, 1.54) is 0 Å². The third-order valence-electron chi connectivity index (χ3n) is 1.96. The second-order valence-corrected chi connectivity index (χ2v) is 4.64. The summed E-state index contributed by atoms with van der Waals surface area (Å²) >= 11 is 1.83. The van der Waals surface area contributed by atoms with Crippen molar-refractivity contribution < 1.29 is 9.90 Å². The molecule has 0 saturated carbocycles. The van der Waals surface area contributed by atoms with Gasteiger partial charge in [0, 0.05) is 0 Å².